The van der Waals surface area contributed by atoms with Crippen LogP contribution in [-0.4, -0.2) is 27.6 Å². The van der Waals surface area contributed by atoms with Crippen LogP contribution in [0.1, 0.15) is 6.92 Å². The number of aliphatic hydroxyl groups is 2. The van der Waals surface area contributed by atoms with Crippen LogP contribution in [0.25, 0.3) is 0 Å². The van der Waals surface area contributed by atoms with Crippen LogP contribution in [0, 0.1) is 0 Å². The fraction of sp³-hybridized carbons (Fsp3) is 0.400. The highest BCUT2D eigenvalue weighted by Crippen LogP contribution is 1.92. The molecule has 0 spiro atoms. The normalized spacial score (nSPS) is 12.2. The molecule has 0 saturated heterocycles. The molecule has 0 aliphatic rings. The Labute approximate surface area is 52.1 Å². The van der Waals surface area contributed by atoms with Gasteiger partial charge in [0.2, 0.25) is 0 Å². The van der Waals surface area contributed by atoms with Crippen LogP contribution in [0.15, 0.2) is 11.6 Å². The molecule has 3 N–H and O–H groups in total. The molecule has 0 aromatic heterocycles. The van der Waals surface area contributed by atoms with Crippen molar-refractivity contribution in [3.8, 4) is 0 Å². The summed E-state index contributed by atoms with van der Waals surface area (Å²) in [6.07, 6.45) is -0.844. The van der Waals surface area contributed by atoms with E-state index in [-0.39, 0.29) is 5.57 Å². The number of carboxylic acid groups (broad SMARTS) is 1. The van der Waals surface area contributed by atoms with Gasteiger partial charge in [-0.3, -0.25) is 0 Å². The fourth-order valence-corrected chi connectivity index (χ4v) is 0.295. The van der Waals surface area contributed by atoms with Crippen LogP contribution < -0.4 is 0 Å². The monoisotopic (exact) mass is 132 g/mol. The third kappa shape index (κ3) is 3.69. The van der Waals surface area contributed by atoms with E-state index in [1.54, 1.807) is 0 Å². The van der Waals surface area contributed by atoms with Crippen molar-refractivity contribution in [2.45, 2.75) is 13.2 Å². The maximum Gasteiger partial charge on any atom is 0.331 e. The SMILES string of the molecule is CC(=CC(O)O)C(=O)O. The molecule has 0 amide bonds. The highest BCUT2D eigenvalue weighted by atomic mass is 16.5. The Morgan fingerprint density at radius 3 is 2.11 bits per heavy atom. The second-order valence-electron chi connectivity index (χ2n) is 1.57. The van der Waals surface area contributed by atoms with E-state index in [1.807, 2.05) is 0 Å². The molecule has 0 unspecified atom stereocenters. The molecular formula is C5H8O4. The van der Waals surface area contributed by atoms with E-state index in [4.69, 9.17) is 15.3 Å². The van der Waals surface area contributed by atoms with E-state index >= 15 is 0 Å². The van der Waals surface area contributed by atoms with Gasteiger partial charge >= 0.3 is 5.97 Å². The molecule has 0 bridgehead atoms. The van der Waals surface area contributed by atoms with Gasteiger partial charge in [-0.1, -0.05) is 0 Å². The summed E-state index contributed by atoms with van der Waals surface area (Å²) in [6, 6.07) is 0. The lowest BCUT2D eigenvalue weighted by Gasteiger charge is -1.94. The Hall–Kier alpha value is -0.870. The van der Waals surface area contributed by atoms with Crippen molar-refractivity contribution in [3.63, 3.8) is 0 Å². The van der Waals surface area contributed by atoms with Crippen LogP contribution in [0.5, 0.6) is 0 Å². The summed E-state index contributed by atoms with van der Waals surface area (Å²) in [7, 11) is 0. The van der Waals surface area contributed by atoms with Crippen molar-refractivity contribution >= 4 is 5.97 Å². The Morgan fingerprint density at radius 2 is 2.00 bits per heavy atom. The number of carboxylic acids is 1. The number of hydrogen-bond donors (Lipinski definition) is 3. The van der Waals surface area contributed by atoms with Gasteiger partial charge in [-0.2, -0.15) is 0 Å². The second-order valence-corrected chi connectivity index (χ2v) is 1.57. The van der Waals surface area contributed by atoms with Crippen LogP contribution in [-0.2, 0) is 4.79 Å². The van der Waals surface area contributed by atoms with Crippen LogP contribution in [0.3, 0.4) is 0 Å². The van der Waals surface area contributed by atoms with Gasteiger partial charge < -0.3 is 15.3 Å². The average molecular weight is 132 g/mol. The first-order valence-electron chi connectivity index (χ1n) is 2.32. The second kappa shape index (κ2) is 3.21. The number of rotatable bonds is 2. The number of carbonyl (C=O) groups is 1. The zero-order valence-electron chi connectivity index (χ0n) is 4.90. The van der Waals surface area contributed by atoms with Crippen LogP contribution in [0.2, 0.25) is 0 Å². The smallest absolute Gasteiger partial charge is 0.331 e. The predicted molar refractivity (Wildman–Crippen MR) is 29.6 cm³/mol. The van der Waals surface area contributed by atoms with Gasteiger partial charge in [-0.05, 0) is 13.0 Å². The van der Waals surface area contributed by atoms with E-state index in [1.165, 1.54) is 6.92 Å². The first kappa shape index (κ1) is 8.13. The van der Waals surface area contributed by atoms with Crippen LogP contribution >= 0.6 is 0 Å². The maximum atomic E-state index is 9.94. The number of aliphatic hydroxyl groups excluding tert-OH is 1. The van der Waals surface area contributed by atoms with Crippen molar-refractivity contribution < 1.29 is 20.1 Å². The minimum atomic E-state index is -1.68. The minimum absolute atomic E-state index is 0.0787. The van der Waals surface area contributed by atoms with E-state index in [0.29, 0.717) is 0 Å². The zero-order valence-corrected chi connectivity index (χ0v) is 4.90. The van der Waals surface area contributed by atoms with Crippen molar-refractivity contribution in [1.29, 1.82) is 0 Å². The summed E-state index contributed by atoms with van der Waals surface area (Å²) in [5.41, 5.74) is -0.0787. The number of hydrogen-bond acceptors (Lipinski definition) is 3. The van der Waals surface area contributed by atoms with Crippen molar-refractivity contribution in [2.24, 2.45) is 0 Å². The van der Waals surface area contributed by atoms with E-state index in [2.05, 4.69) is 0 Å². The van der Waals surface area contributed by atoms with Crippen molar-refractivity contribution in [1.82, 2.24) is 0 Å². The van der Waals surface area contributed by atoms with Gasteiger partial charge in [-0.15, -0.1) is 0 Å². The average Bonchev–Trinajstić information content (AvgIpc) is 1.63. The van der Waals surface area contributed by atoms with Crippen molar-refractivity contribution in [2.75, 3.05) is 0 Å². The standard InChI is InChI=1S/C5H8O4/c1-3(5(8)9)2-4(6)7/h2,4,6-7H,1H3,(H,8,9). The van der Waals surface area contributed by atoms with Gasteiger partial charge in [-0.25, -0.2) is 4.79 Å². The van der Waals surface area contributed by atoms with E-state index in [0.717, 1.165) is 6.08 Å². The van der Waals surface area contributed by atoms with E-state index < -0.39 is 12.3 Å². The fourth-order valence-electron chi connectivity index (χ4n) is 0.295. The third-order valence-electron chi connectivity index (χ3n) is 0.736. The third-order valence-corrected chi connectivity index (χ3v) is 0.736. The largest absolute Gasteiger partial charge is 0.478 e. The van der Waals surface area contributed by atoms with Gasteiger partial charge in [0, 0.05) is 5.57 Å². The molecule has 4 nitrogen and oxygen atoms in total. The lowest BCUT2D eigenvalue weighted by molar-refractivity contribution is -0.132. The zero-order chi connectivity index (χ0) is 7.44. The predicted octanol–water partition coefficient (Wildman–Crippen LogP) is -0.672. The first-order valence-corrected chi connectivity index (χ1v) is 2.32. The summed E-state index contributed by atoms with van der Waals surface area (Å²) >= 11 is 0. The Kier molecular flexibility index (Phi) is 2.90. The topological polar surface area (TPSA) is 77.8 Å². The lowest BCUT2D eigenvalue weighted by atomic mass is 10.3. The quantitative estimate of drug-likeness (QED) is 0.344. The summed E-state index contributed by atoms with van der Waals surface area (Å²) in [6.45, 7) is 1.28. The Bertz CT molecular complexity index is 136. The summed E-state index contributed by atoms with van der Waals surface area (Å²) in [5, 5.41) is 24.5. The molecule has 0 aromatic carbocycles. The number of aliphatic carboxylic acids is 1. The molecular weight excluding hydrogens is 124 g/mol. The molecule has 0 heterocycles. The Morgan fingerprint density at radius 1 is 1.56 bits per heavy atom. The minimum Gasteiger partial charge on any atom is -0.478 e. The molecule has 0 aliphatic carbocycles. The van der Waals surface area contributed by atoms with Gasteiger partial charge in [0.1, 0.15) is 0 Å². The van der Waals surface area contributed by atoms with Crippen molar-refractivity contribution in [3.05, 3.63) is 11.6 Å². The first-order chi connectivity index (χ1) is 4.04. The lowest BCUT2D eigenvalue weighted by Crippen LogP contribution is -2.04. The molecule has 0 aromatic rings. The summed E-state index contributed by atoms with van der Waals surface area (Å²) < 4.78 is 0. The summed E-state index contributed by atoms with van der Waals surface area (Å²) in [4.78, 5) is 9.94. The molecule has 0 saturated carbocycles. The maximum absolute atomic E-state index is 9.94. The van der Waals surface area contributed by atoms with E-state index in [9.17, 15) is 4.79 Å². The molecule has 0 atom stereocenters. The Balaban J connectivity index is 4.00. The molecule has 0 radical (unpaired) electrons. The molecule has 0 aliphatic heterocycles. The van der Waals surface area contributed by atoms with Gasteiger partial charge in [0.15, 0.2) is 6.29 Å². The highest BCUT2D eigenvalue weighted by molar-refractivity contribution is 5.85. The highest BCUT2D eigenvalue weighted by Gasteiger charge is 2.00. The van der Waals surface area contributed by atoms with Crippen LogP contribution in [0.4, 0.5) is 0 Å². The summed E-state index contributed by atoms with van der Waals surface area (Å²) in [5.74, 6) is -1.15. The van der Waals surface area contributed by atoms with Gasteiger partial charge in [0.05, 0.1) is 0 Å². The molecule has 0 fully saturated rings. The molecule has 0 rings (SSSR count). The molecule has 9 heavy (non-hydrogen) atoms. The molecule has 4 heteroatoms. The van der Waals surface area contributed by atoms with Gasteiger partial charge in [0.25, 0.3) is 0 Å². The molecule has 52 valence electrons.